The number of amides is 1. The molecular weight excluding hydrogens is 290 g/mol. The van der Waals surface area contributed by atoms with Gasteiger partial charge in [0.15, 0.2) is 0 Å². The summed E-state index contributed by atoms with van der Waals surface area (Å²) in [6.45, 7) is 10.5. The fourth-order valence-electron chi connectivity index (χ4n) is 3.11. The molecule has 5 heteroatoms. The van der Waals surface area contributed by atoms with Gasteiger partial charge in [-0.05, 0) is 65.6 Å². The van der Waals surface area contributed by atoms with E-state index >= 15 is 0 Å². The molecule has 1 N–H and O–H groups in total. The Hall–Kier alpha value is -1.49. The van der Waals surface area contributed by atoms with Gasteiger partial charge >= 0.3 is 6.09 Å². The highest BCUT2D eigenvalue weighted by Crippen LogP contribution is 2.23. The van der Waals surface area contributed by atoms with Crippen LogP contribution in [0.1, 0.15) is 52.3 Å². The quantitative estimate of drug-likeness (QED) is 0.921. The SMILES string of the molecule is C[C@H](c1ccc[nH]1)N(C)C[C@H]1CCCN(C(=O)OC(C)(C)C)C1. The van der Waals surface area contributed by atoms with Crippen molar-refractivity contribution >= 4 is 6.09 Å². The van der Waals surface area contributed by atoms with E-state index in [1.54, 1.807) is 0 Å². The molecule has 1 aliphatic heterocycles. The number of hydrogen-bond acceptors (Lipinski definition) is 3. The second kappa shape index (κ2) is 7.39. The first-order valence-electron chi connectivity index (χ1n) is 8.57. The predicted octanol–water partition coefficient (Wildman–Crippen LogP) is 3.65. The zero-order valence-electron chi connectivity index (χ0n) is 15.1. The van der Waals surface area contributed by atoms with Crippen LogP contribution in [0.2, 0.25) is 0 Å². The molecule has 0 spiro atoms. The van der Waals surface area contributed by atoms with E-state index in [4.69, 9.17) is 4.74 Å². The van der Waals surface area contributed by atoms with Crippen molar-refractivity contribution in [2.45, 2.75) is 52.2 Å². The van der Waals surface area contributed by atoms with E-state index in [9.17, 15) is 4.79 Å². The van der Waals surface area contributed by atoms with Crippen molar-refractivity contribution in [2.75, 3.05) is 26.7 Å². The number of aromatic amines is 1. The van der Waals surface area contributed by atoms with Gasteiger partial charge in [-0.25, -0.2) is 4.79 Å². The highest BCUT2D eigenvalue weighted by molar-refractivity contribution is 5.68. The van der Waals surface area contributed by atoms with E-state index in [1.165, 1.54) is 12.1 Å². The van der Waals surface area contributed by atoms with E-state index in [1.807, 2.05) is 37.9 Å². The fraction of sp³-hybridized carbons (Fsp3) is 0.722. The summed E-state index contributed by atoms with van der Waals surface area (Å²) >= 11 is 0. The molecule has 1 aliphatic rings. The van der Waals surface area contributed by atoms with Crippen LogP contribution in [0, 0.1) is 5.92 Å². The minimum Gasteiger partial charge on any atom is -0.444 e. The number of likely N-dealkylation sites (tertiary alicyclic amines) is 1. The van der Waals surface area contributed by atoms with Crippen molar-refractivity contribution in [1.82, 2.24) is 14.8 Å². The van der Waals surface area contributed by atoms with E-state index in [0.29, 0.717) is 12.0 Å². The normalized spacial score (nSPS) is 20.6. The van der Waals surface area contributed by atoms with E-state index in [2.05, 4.69) is 29.9 Å². The Labute approximate surface area is 140 Å². The monoisotopic (exact) mass is 321 g/mol. The van der Waals surface area contributed by atoms with Gasteiger partial charge in [-0.15, -0.1) is 0 Å². The summed E-state index contributed by atoms with van der Waals surface area (Å²) in [4.78, 5) is 19.8. The lowest BCUT2D eigenvalue weighted by atomic mass is 9.97. The average Bonchev–Trinajstić information content (AvgIpc) is 2.99. The van der Waals surface area contributed by atoms with Gasteiger partial charge in [0.1, 0.15) is 5.60 Å². The predicted molar refractivity (Wildman–Crippen MR) is 92.4 cm³/mol. The van der Waals surface area contributed by atoms with Gasteiger partial charge in [0.2, 0.25) is 0 Å². The first kappa shape index (κ1) is 17.9. The number of ether oxygens (including phenoxy) is 1. The standard InChI is InChI=1S/C18H31N3O2/c1-14(16-9-6-10-19-16)20(5)12-15-8-7-11-21(13-15)17(22)23-18(2,3)4/h6,9-10,14-15,19H,7-8,11-13H2,1-5H3/t14-,15-/m1/s1. The van der Waals surface area contributed by atoms with Crippen LogP contribution >= 0.6 is 0 Å². The number of nitrogens with one attached hydrogen (secondary N) is 1. The molecule has 1 saturated heterocycles. The Kier molecular flexibility index (Phi) is 5.74. The van der Waals surface area contributed by atoms with Gasteiger partial charge in [0.05, 0.1) is 0 Å². The highest BCUT2D eigenvalue weighted by Gasteiger charge is 2.28. The van der Waals surface area contributed by atoms with Gasteiger partial charge < -0.3 is 14.6 Å². The van der Waals surface area contributed by atoms with Crippen molar-refractivity contribution < 1.29 is 9.53 Å². The smallest absolute Gasteiger partial charge is 0.410 e. The van der Waals surface area contributed by atoms with Crippen molar-refractivity contribution in [3.05, 3.63) is 24.0 Å². The van der Waals surface area contributed by atoms with Crippen molar-refractivity contribution in [2.24, 2.45) is 5.92 Å². The third kappa shape index (κ3) is 5.27. The molecule has 130 valence electrons. The van der Waals surface area contributed by atoms with Crippen LogP contribution in [0.5, 0.6) is 0 Å². The molecular formula is C18H31N3O2. The minimum absolute atomic E-state index is 0.178. The van der Waals surface area contributed by atoms with E-state index < -0.39 is 5.60 Å². The molecule has 0 saturated carbocycles. The topological polar surface area (TPSA) is 48.6 Å². The number of aromatic nitrogens is 1. The molecule has 1 aromatic rings. The Balaban J connectivity index is 1.87. The first-order chi connectivity index (χ1) is 10.8. The minimum atomic E-state index is -0.428. The van der Waals surface area contributed by atoms with Gasteiger partial charge in [0, 0.05) is 37.6 Å². The fourth-order valence-corrected chi connectivity index (χ4v) is 3.11. The van der Waals surface area contributed by atoms with Gasteiger partial charge in [-0.1, -0.05) is 0 Å². The lowest BCUT2D eigenvalue weighted by Crippen LogP contribution is -2.45. The van der Waals surface area contributed by atoms with Gasteiger partial charge in [-0.3, -0.25) is 4.90 Å². The van der Waals surface area contributed by atoms with Crippen LogP contribution in [0.3, 0.4) is 0 Å². The van der Waals surface area contributed by atoms with Crippen LogP contribution in [-0.4, -0.2) is 53.2 Å². The average molecular weight is 321 g/mol. The molecule has 1 fully saturated rings. The maximum Gasteiger partial charge on any atom is 0.410 e. The molecule has 2 atom stereocenters. The summed E-state index contributed by atoms with van der Waals surface area (Å²) in [5.41, 5.74) is 0.801. The number of piperidine rings is 1. The Morgan fingerprint density at radius 3 is 2.87 bits per heavy atom. The Morgan fingerprint density at radius 2 is 2.26 bits per heavy atom. The molecule has 0 aliphatic carbocycles. The summed E-state index contributed by atoms with van der Waals surface area (Å²) in [7, 11) is 2.15. The van der Waals surface area contributed by atoms with Crippen molar-refractivity contribution in [3.8, 4) is 0 Å². The summed E-state index contributed by atoms with van der Waals surface area (Å²) < 4.78 is 5.51. The zero-order chi connectivity index (χ0) is 17.0. The molecule has 1 amide bonds. The number of hydrogen-bond donors (Lipinski definition) is 1. The number of carbonyl (C=O) groups excluding carboxylic acids is 1. The molecule has 2 rings (SSSR count). The van der Waals surface area contributed by atoms with Crippen LogP contribution in [0.4, 0.5) is 4.79 Å². The Bertz CT molecular complexity index is 493. The molecule has 0 bridgehead atoms. The molecule has 0 unspecified atom stereocenters. The van der Waals surface area contributed by atoms with Crippen molar-refractivity contribution in [1.29, 1.82) is 0 Å². The second-order valence-electron chi connectivity index (χ2n) is 7.68. The Morgan fingerprint density at radius 1 is 1.52 bits per heavy atom. The maximum atomic E-state index is 12.3. The first-order valence-corrected chi connectivity index (χ1v) is 8.57. The van der Waals surface area contributed by atoms with Crippen LogP contribution in [0.15, 0.2) is 18.3 Å². The van der Waals surface area contributed by atoms with Gasteiger partial charge in [0.25, 0.3) is 0 Å². The van der Waals surface area contributed by atoms with Gasteiger partial charge in [-0.2, -0.15) is 0 Å². The molecule has 0 radical (unpaired) electrons. The van der Waals surface area contributed by atoms with Crippen molar-refractivity contribution in [3.63, 3.8) is 0 Å². The lowest BCUT2D eigenvalue weighted by molar-refractivity contribution is 0.0142. The number of rotatable bonds is 4. The molecule has 0 aromatic carbocycles. The summed E-state index contributed by atoms with van der Waals surface area (Å²) in [6, 6.07) is 4.50. The third-order valence-corrected chi connectivity index (χ3v) is 4.45. The largest absolute Gasteiger partial charge is 0.444 e. The second-order valence-corrected chi connectivity index (χ2v) is 7.68. The summed E-state index contributed by atoms with van der Waals surface area (Å²) in [6.07, 6.45) is 4.00. The van der Waals surface area contributed by atoms with E-state index in [0.717, 1.165) is 26.1 Å². The zero-order valence-corrected chi connectivity index (χ0v) is 15.1. The molecule has 1 aromatic heterocycles. The number of carbonyl (C=O) groups is 1. The third-order valence-electron chi connectivity index (χ3n) is 4.45. The summed E-state index contributed by atoms with van der Waals surface area (Å²) in [5.74, 6) is 0.499. The summed E-state index contributed by atoms with van der Waals surface area (Å²) in [5, 5.41) is 0. The van der Waals surface area contributed by atoms with Crippen LogP contribution < -0.4 is 0 Å². The van der Waals surface area contributed by atoms with Crippen LogP contribution in [0.25, 0.3) is 0 Å². The van der Waals surface area contributed by atoms with Crippen LogP contribution in [-0.2, 0) is 4.74 Å². The van der Waals surface area contributed by atoms with E-state index in [-0.39, 0.29) is 6.09 Å². The molecule has 23 heavy (non-hydrogen) atoms. The number of nitrogens with zero attached hydrogens (tertiary/aromatic N) is 2. The lowest BCUT2D eigenvalue weighted by Gasteiger charge is -2.36. The molecule has 5 nitrogen and oxygen atoms in total. The highest BCUT2D eigenvalue weighted by atomic mass is 16.6. The number of H-pyrrole nitrogens is 1. The maximum absolute atomic E-state index is 12.3. The molecule has 2 heterocycles.